The molecule has 3 fully saturated rings. The van der Waals surface area contributed by atoms with Gasteiger partial charge in [-0.05, 0) is 83.0 Å². The first-order valence-electron chi connectivity index (χ1n) is 12.6. The molecule has 0 bridgehead atoms. The molecule has 32 heavy (non-hydrogen) atoms. The van der Waals surface area contributed by atoms with Gasteiger partial charge in [0.15, 0.2) is 5.96 Å². The first-order valence-corrected chi connectivity index (χ1v) is 12.6. The van der Waals surface area contributed by atoms with Crippen LogP contribution in [0.5, 0.6) is 0 Å². The molecule has 4 rings (SSSR count). The molecule has 1 N–H and O–H groups in total. The minimum Gasteiger partial charge on any atom is -0.381 e. The lowest BCUT2D eigenvalue weighted by molar-refractivity contribution is 0.156. The number of hydrogen-bond acceptors (Lipinski definition) is 3. The normalized spacial score (nSPS) is 24.8. The van der Waals surface area contributed by atoms with Crippen LogP contribution in [-0.4, -0.2) is 74.8 Å². The lowest BCUT2D eigenvalue weighted by atomic mass is 9.87. The average Bonchev–Trinajstić information content (AvgIpc) is 3.44. The van der Waals surface area contributed by atoms with Crippen molar-refractivity contribution in [1.29, 1.82) is 0 Å². The number of aliphatic imine (C=N–C) groups is 1. The Kier molecular flexibility index (Phi) is 10.6. The third-order valence-electron chi connectivity index (χ3n) is 7.48. The van der Waals surface area contributed by atoms with Gasteiger partial charge in [-0.1, -0.05) is 30.3 Å². The van der Waals surface area contributed by atoms with Crippen LogP contribution in [0.1, 0.15) is 51.0 Å². The molecule has 180 valence electrons. The summed E-state index contributed by atoms with van der Waals surface area (Å²) in [6, 6.07) is 11.0. The van der Waals surface area contributed by atoms with Crippen LogP contribution in [0.4, 0.5) is 0 Å². The molecule has 0 radical (unpaired) electrons. The molecule has 3 aliphatic rings. The summed E-state index contributed by atoms with van der Waals surface area (Å²) in [6.07, 6.45) is 8.84. The molecular formula is C26H43IN4O. The zero-order chi connectivity index (χ0) is 21.4. The second kappa shape index (κ2) is 13.1. The average molecular weight is 555 g/mol. The number of likely N-dealkylation sites (tertiary alicyclic amines) is 2. The fourth-order valence-corrected chi connectivity index (χ4v) is 5.51. The minimum absolute atomic E-state index is 0. The van der Waals surface area contributed by atoms with Gasteiger partial charge in [0.05, 0.1) is 6.61 Å². The zero-order valence-electron chi connectivity index (χ0n) is 19.9. The van der Waals surface area contributed by atoms with E-state index >= 15 is 0 Å². The van der Waals surface area contributed by atoms with Gasteiger partial charge in [0, 0.05) is 38.2 Å². The van der Waals surface area contributed by atoms with E-state index in [1.54, 1.807) is 0 Å². The van der Waals surface area contributed by atoms with Crippen LogP contribution in [0.25, 0.3) is 0 Å². The number of unbranched alkanes of at least 4 members (excludes halogenated alkanes) is 1. The Balaban J connectivity index is 0.00000289. The molecular weight excluding hydrogens is 511 g/mol. The molecule has 3 saturated heterocycles. The van der Waals surface area contributed by atoms with Crippen molar-refractivity contribution in [2.45, 2.75) is 51.9 Å². The van der Waals surface area contributed by atoms with Crippen molar-refractivity contribution >= 4 is 29.9 Å². The summed E-state index contributed by atoms with van der Waals surface area (Å²) in [5.41, 5.74) is 1.89. The molecule has 0 aliphatic carbocycles. The van der Waals surface area contributed by atoms with Crippen LogP contribution < -0.4 is 5.32 Å². The fraction of sp³-hybridized carbons (Fsp3) is 0.731. The summed E-state index contributed by atoms with van der Waals surface area (Å²) < 4.78 is 5.69. The largest absolute Gasteiger partial charge is 0.381 e. The number of halogens is 1. The first-order chi connectivity index (χ1) is 15.3. The maximum atomic E-state index is 5.69. The van der Waals surface area contributed by atoms with Gasteiger partial charge in [-0.3, -0.25) is 4.99 Å². The molecule has 0 amide bonds. The van der Waals surface area contributed by atoms with Crippen LogP contribution in [0.2, 0.25) is 0 Å². The summed E-state index contributed by atoms with van der Waals surface area (Å²) >= 11 is 0. The molecule has 5 nitrogen and oxygen atoms in total. The predicted molar refractivity (Wildman–Crippen MR) is 144 cm³/mol. The molecule has 1 aromatic carbocycles. The number of ether oxygens (including phenoxy) is 1. The van der Waals surface area contributed by atoms with Crippen LogP contribution in [0.15, 0.2) is 35.3 Å². The van der Waals surface area contributed by atoms with E-state index in [9.17, 15) is 0 Å². The molecule has 3 aliphatic heterocycles. The zero-order valence-corrected chi connectivity index (χ0v) is 22.3. The Bertz CT molecular complexity index is 684. The Morgan fingerprint density at radius 2 is 1.94 bits per heavy atom. The molecule has 3 heterocycles. The van der Waals surface area contributed by atoms with Crippen molar-refractivity contribution in [1.82, 2.24) is 15.1 Å². The highest BCUT2D eigenvalue weighted by Crippen LogP contribution is 2.38. The SMILES string of the molecule is CCNC(=NCCCCN1CCC(Cc2ccccc2)CC1)N1CCC2(CCOC2)C1.I. The lowest BCUT2D eigenvalue weighted by Gasteiger charge is -2.32. The lowest BCUT2D eigenvalue weighted by Crippen LogP contribution is -2.41. The third-order valence-corrected chi connectivity index (χ3v) is 7.48. The number of piperidine rings is 1. The topological polar surface area (TPSA) is 40.1 Å². The highest BCUT2D eigenvalue weighted by Gasteiger charge is 2.42. The van der Waals surface area contributed by atoms with Gasteiger partial charge >= 0.3 is 0 Å². The van der Waals surface area contributed by atoms with Crippen molar-refractivity contribution in [3.05, 3.63) is 35.9 Å². The van der Waals surface area contributed by atoms with Crippen molar-refractivity contribution < 1.29 is 4.74 Å². The van der Waals surface area contributed by atoms with Crippen LogP contribution in [0.3, 0.4) is 0 Å². The second-order valence-electron chi connectivity index (χ2n) is 9.89. The second-order valence-corrected chi connectivity index (χ2v) is 9.89. The number of hydrogen-bond donors (Lipinski definition) is 1. The molecule has 1 spiro atoms. The quantitative estimate of drug-likeness (QED) is 0.224. The fourth-order valence-electron chi connectivity index (χ4n) is 5.51. The smallest absolute Gasteiger partial charge is 0.193 e. The van der Waals surface area contributed by atoms with Gasteiger partial charge < -0.3 is 19.9 Å². The minimum atomic E-state index is 0. The highest BCUT2D eigenvalue weighted by atomic mass is 127. The van der Waals surface area contributed by atoms with Gasteiger partial charge in [-0.15, -0.1) is 24.0 Å². The van der Waals surface area contributed by atoms with E-state index < -0.39 is 0 Å². The van der Waals surface area contributed by atoms with E-state index in [0.29, 0.717) is 5.41 Å². The third kappa shape index (κ3) is 7.32. The van der Waals surface area contributed by atoms with E-state index in [1.165, 1.54) is 70.1 Å². The maximum absolute atomic E-state index is 5.69. The Labute approximate surface area is 212 Å². The van der Waals surface area contributed by atoms with Gasteiger partial charge in [0.2, 0.25) is 0 Å². The van der Waals surface area contributed by atoms with E-state index in [2.05, 4.69) is 52.4 Å². The number of nitrogens with one attached hydrogen (secondary N) is 1. The molecule has 1 atom stereocenters. The molecule has 0 saturated carbocycles. The van der Waals surface area contributed by atoms with E-state index in [0.717, 1.165) is 51.3 Å². The molecule has 1 unspecified atom stereocenters. The van der Waals surface area contributed by atoms with Crippen molar-refractivity contribution in [3.8, 4) is 0 Å². The van der Waals surface area contributed by atoms with Crippen molar-refractivity contribution in [3.63, 3.8) is 0 Å². The van der Waals surface area contributed by atoms with Gasteiger partial charge in [0.25, 0.3) is 0 Å². The van der Waals surface area contributed by atoms with Gasteiger partial charge in [-0.2, -0.15) is 0 Å². The first kappa shape index (κ1) is 25.8. The Hall–Kier alpha value is -0.860. The van der Waals surface area contributed by atoms with E-state index in [4.69, 9.17) is 9.73 Å². The van der Waals surface area contributed by atoms with E-state index in [1.807, 2.05) is 0 Å². The molecule has 0 aromatic heterocycles. The standard InChI is InChI=1S/C26H42N4O.HI/c1-2-27-25(30-18-12-26(21-30)13-19-31-22-26)28-14-6-7-15-29-16-10-24(11-17-29)20-23-8-4-3-5-9-23;/h3-5,8-9,24H,2,6-7,10-22H2,1H3,(H,27,28);1H. The van der Waals surface area contributed by atoms with E-state index in [-0.39, 0.29) is 24.0 Å². The summed E-state index contributed by atoms with van der Waals surface area (Å²) in [6.45, 7) is 11.9. The summed E-state index contributed by atoms with van der Waals surface area (Å²) in [5.74, 6) is 1.98. The summed E-state index contributed by atoms with van der Waals surface area (Å²) in [5, 5.41) is 3.52. The summed E-state index contributed by atoms with van der Waals surface area (Å²) in [7, 11) is 0. The number of guanidine groups is 1. The summed E-state index contributed by atoms with van der Waals surface area (Å²) in [4.78, 5) is 10.1. The number of nitrogens with zero attached hydrogens (tertiary/aromatic N) is 3. The van der Waals surface area contributed by atoms with Crippen molar-refractivity contribution in [2.24, 2.45) is 16.3 Å². The maximum Gasteiger partial charge on any atom is 0.193 e. The highest BCUT2D eigenvalue weighted by molar-refractivity contribution is 14.0. The van der Waals surface area contributed by atoms with Crippen LogP contribution >= 0.6 is 24.0 Å². The Morgan fingerprint density at radius 1 is 1.12 bits per heavy atom. The molecule has 6 heteroatoms. The van der Waals surface area contributed by atoms with Gasteiger partial charge in [-0.25, -0.2) is 0 Å². The molecule has 1 aromatic rings. The van der Waals surface area contributed by atoms with Gasteiger partial charge in [0.1, 0.15) is 0 Å². The van der Waals surface area contributed by atoms with Crippen molar-refractivity contribution in [2.75, 3.05) is 59.0 Å². The number of rotatable bonds is 8. The number of benzene rings is 1. The predicted octanol–water partition coefficient (Wildman–Crippen LogP) is 4.42. The van der Waals surface area contributed by atoms with Crippen LogP contribution in [-0.2, 0) is 11.2 Å². The van der Waals surface area contributed by atoms with Crippen LogP contribution in [0, 0.1) is 11.3 Å². The Morgan fingerprint density at radius 3 is 2.66 bits per heavy atom. The monoisotopic (exact) mass is 554 g/mol.